The lowest BCUT2D eigenvalue weighted by Crippen LogP contribution is -2.30. The van der Waals surface area contributed by atoms with Gasteiger partial charge in [0.25, 0.3) is 11.8 Å². The Morgan fingerprint density at radius 2 is 1.96 bits per heavy atom. The Morgan fingerprint density at radius 1 is 1.18 bits per heavy atom. The van der Waals surface area contributed by atoms with Crippen molar-refractivity contribution in [2.24, 2.45) is 0 Å². The number of carbonyl (C=O) groups is 2. The minimum atomic E-state index is -0.395. The fraction of sp³-hybridized carbons (Fsp3) is 0.0952. The van der Waals surface area contributed by atoms with Gasteiger partial charge in [-0.3, -0.25) is 9.59 Å². The molecule has 0 aliphatic carbocycles. The molecule has 0 spiro atoms. The van der Waals surface area contributed by atoms with Crippen LogP contribution in [-0.2, 0) is 0 Å². The van der Waals surface area contributed by atoms with Crippen molar-refractivity contribution in [3.8, 4) is 0 Å². The molecule has 7 heteroatoms. The minimum absolute atomic E-state index is 0.0973. The van der Waals surface area contributed by atoms with E-state index in [-0.39, 0.29) is 11.8 Å². The standard InChI is InChI=1S/C21H16FN3O2S/c1-2-25-17-10-9-15(24-19(26)13-5-7-14(22)8-6-13)12-18(17)28-20-16(21(25)27)4-3-11-23-20/h3-12H,2H2,1H3,(H,24,26). The van der Waals surface area contributed by atoms with E-state index in [0.717, 1.165) is 10.6 Å². The molecule has 0 saturated carbocycles. The fourth-order valence-electron chi connectivity index (χ4n) is 3.01. The van der Waals surface area contributed by atoms with E-state index in [0.29, 0.717) is 28.4 Å². The summed E-state index contributed by atoms with van der Waals surface area (Å²) >= 11 is 1.39. The van der Waals surface area contributed by atoms with Gasteiger partial charge in [-0.1, -0.05) is 11.8 Å². The van der Waals surface area contributed by atoms with Crippen molar-refractivity contribution in [3.05, 3.63) is 77.7 Å². The molecule has 140 valence electrons. The van der Waals surface area contributed by atoms with Crippen LogP contribution < -0.4 is 10.2 Å². The molecule has 2 amide bonds. The summed E-state index contributed by atoms with van der Waals surface area (Å²) in [6.07, 6.45) is 1.65. The molecule has 1 aliphatic heterocycles. The molecular weight excluding hydrogens is 377 g/mol. The molecule has 4 rings (SSSR count). The van der Waals surface area contributed by atoms with Crippen LogP contribution in [0.25, 0.3) is 0 Å². The molecule has 0 fully saturated rings. The van der Waals surface area contributed by atoms with Gasteiger partial charge in [-0.25, -0.2) is 9.37 Å². The van der Waals surface area contributed by atoms with Crippen LogP contribution in [0, 0.1) is 5.82 Å². The first-order chi connectivity index (χ1) is 13.6. The zero-order chi connectivity index (χ0) is 19.7. The van der Waals surface area contributed by atoms with E-state index in [1.54, 1.807) is 29.3 Å². The Bertz CT molecular complexity index is 1070. The van der Waals surface area contributed by atoms with E-state index in [9.17, 15) is 14.0 Å². The Kier molecular flexibility index (Phi) is 4.83. The smallest absolute Gasteiger partial charge is 0.261 e. The zero-order valence-electron chi connectivity index (χ0n) is 15.0. The van der Waals surface area contributed by atoms with Gasteiger partial charge >= 0.3 is 0 Å². The SMILES string of the molecule is CCN1C(=O)c2cccnc2Sc2cc(NC(=O)c3ccc(F)cc3)ccc21. The Labute approximate surface area is 165 Å². The second-order valence-corrected chi connectivity index (χ2v) is 7.18. The highest BCUT2D eigenvalue weighted by Gasteiger charge is 2.27. The van der Waals surface area contributed by atoms with Crippen LogP contribution in [0.2, 0.25) is 0 Å². The third kappa shape index (κ3) is 3.36. The number of benzene rings is 2. The summed E-state index contributed by atoms with van der Waals surface area (Å²) in [6, 6.07) is 14.3. The minimum Gasteiger partial charge on any atom is -0.322 e. The molecule has 0 radical (unpaired) electrons. The molecule has 1 aliphatic rings. The number of pyridine rings is 1. The first kappa shape index (κ1) is 18.2. The molecule has 28 heavy (non-hydrogen) atoms. The van der Waals surface area contributed by atoms with Gasteiger partial charge in [-0.05, 0) is 61.5 Å². The normalized spacial score (nSPS) is 12.8. The number of hydrogen-bond donors (Lipinski definition) is 1. The van der Waals surface area contributed by atoms with Crippen molar-refractivity contribution in [2.75, 3.05) is 16.8 Å². The fourth-order valence-corrected chi connectivity index (χ4v) is 4.06. The van der Waals surface area contributed by atoms with Crippen LogP contribution >= 0.6 is 11.8 Å². The van der Waals surface area contributed by atoms with Gasteiger partial charge in [0.1, 0.15) is 10.8 Å². The third-order valence-electron chi connectivity index (χ3n) is 4.38. The third-order valence-corrected chi connectivity index (χ3v) is 5.45. The molecule has 3 aromatic rings. The van der Waals surface area contributed by atoms with Gasteiger partial charge in [-0.15, -0.1) is 0 Å². The van der Waals surface area contributed by atoms with Gasteiger partial charge in [0.05, 0.1) is 11.3 Å². The number of hydrogen-bond acceptors (Lipinski definition) is 4. The average Bonchev–Trinajstić information content (AvgIpc) is 2.82. The molecule has 5 nitrogen and oxygen atoms in total. The number of rotatable bonds is 3. The molecule has 2 heterocycles. The second kappa shape index (κ2) is 7.44. The summed E-state index contributed by atoms with van der Waals surface area (Å²) in [4.78, 5) is 32.1. The van der Waals surface area contributed by atoms with E-state index in [1.165, 1.54) is 36.0 Å². The van der Waals surface area contributed by atoms with Crippen molar-refractivity contribution >= 4 is 35.0 Å². The number of carbonyl (C=O) groups excluding carboxylic acids is 2. The van der Waals surface area contributed by atoms with Crippen molar-refractivity contribution < 1.29 is 14.0 Å². The Balaban J connectivity index is 1.68. The van der Waals surface area contributed by atoms with E-state index in [1.807, 2.05) is 19.1 Å². The average molecular weight is 393 g/mol. The van der Waals surface area contributed by atoms with Gasteiger partial charge in [0.15, 0.2) is 0 Å². The molecule has 0 saturated heterocycles. The quantitative estimate of drug-likeness (QED) is 0.706. The van der Waals surface area contributed by atoms with Crippen LogP contribution in [0.4, 0.5) is 15.8 Å². The van der Waals surface area contributed by atoms with Crippen LogP contribution in [0.15, 0.2) is 70.7 Å². The van der Waals surface area contributed by atoms with Crippen molar-refractivity contribution in [2.45, 2.75) is 16.8 Å². The lowest BCUT2D eigenvalue weighted by atomic mass is 10.2. The first-order valence-electron chi connectivity index (χ1n) is 8.72. The van der Waals surface area contributed by atoms with Crippen molar-refractivity contribution in [3.63, 3.8) is 0 Å². The number of aromatic nitrogens is 1. The van der Waals surface area contributed by atoms with Crippen LogP contribution in [0.1, 0.15) is 27.6 Å². The van der Waals surface area contributed by atoms with E-state index >= 15 is 0 Å². The summed E-state index contributed by atoms with van der Waals surface area (Å²) in [5.74, 6) is -0.825. The highest BCUT2D eigenvalue weighted by Crippen LogP contribution is 2.41. The summed E-state index contributed by atoms with van der Waals surface area (Å²) in [5, 5.41) is 3.45. The van der Waals surface area contributed by atoms with Gasteiger partial charge < -0.3 is 10.2 Å². The highest BCUT2D eigenvalue weighted by atomic mass is 32.2. The summed E-state index contributed by atoms with van der Waals surface area (Å²) in [7, 11) is 0. The van der Waals surface area contributed by atoms with Crippen LogP contribution in [0.5, 0.6) is 0 Å². The van der Waals surface area contributed by atoms with E-state index in [2.05, 4.69) is 10.3 Å². The predicted molar refractivity (Wildman–Crippen MR) is 107 cm³/mol. The van der Waals surface area contributed by atoms with Gasteiger partial charge in [-0.2, -0.15) is 0 Å². The van der Waals surface area contributed by atoms with Gasteiger partial charge in [0.2, 0.25) is 0 Å². The number of amides is 2. The van der Waals surface area contributed by atoms with Crippen LogP contribution in [0.3, 0.4) is 0 Å². The lowest BCUT2D eigenvalue weighted by Gasteiger charge is -2.21. The largest absolute Gasteiger partial charge is 0.322 e. The molecule has 1 N–H and O–H groups in total. The topological polar surface area (TPSA) is 62.3 Å². The number of fused-ring (bicyclic) bond motifs is 2. The number of nitrogens with one attached hydrogen (secondary N) is 1. The summed E-state index contributed by atoms with van der Waals surface area (Å²) in [5.41, 5.74) is 2.28. The number of nitrogens with zero attached hydrogens (tertiary/aromatic N) is 2. The summed E-state index contributed by atoms with van der Waals surface area (Å²) < 4.78 is 13.1. The molecule has 2 aromatic carbocycles. The maximum atomic E-state index is 13.1. The van der Waals surface area contributed by atoms with Crippen LogP contribution in [-0.4, -0.2) is 23.3 Å². The lowest BCUT2D eigenvalue weighted by molar-refractivity contribution is 0.0983. The molecular formula is C21H16FN3O2S. The number of halogens is 1. The second-order valence-electron chi connectivity index (χ2n) is 6.15. The van der Waals surface area contributed by atoms with Gasteiger partial charge in [0, 0.05) is 28.9 Å². The molecule has 0 atom stereocenters. The van der Waals surface area contributed by atoms with Crippen molar-refractivity contribution in [1.29, 1.82) is 0 Å². The summed E-state index contributed by atoms with van der Waals surface area (Å²) in [6.45, 7) is 2.43. The highest BCUT2D eigenvalue weighted by molar-refractivity contribution is 7.99. The molecule has 1 aromatic heterocycles. The first-order valence-corrected chi connectivity index (χ1v) is 9.54. The zero-order valence-corrected chi connectivity index (χ0v) is 15.8. The molecule has 0 unspecified atom stereocenters. The van der Waals surface area contributed by atoms with E-state index in [4.69, 9.17) is 0 Å². The maximum Gasteiger partial charge on any atom is 0.261 e. The Morgan fingerprint density at radius 3 is 2.71 bits per heavy atom. The van der Waals surface area contributed by atoms with Crippen molar-refractivity contribution in [1.82, 2.24) is 4.98 Å². The maximum absolute atomic E-state index is 13.1. The molecule has 0 bridgehead atoms. The Hall–Kier alpha value is -3.19. The van der Waals surface area contributed by atoms with E-state index < -0.39 is 5.82 Å². The number of anilines is 2. The monoisotopic (exact) mass is 393 g/mol. The predicted octanol–water partition coefficient (Wildman–Crippen LogP) is 4.60.